The summed E-state index contributed by atoms with van der Waals surface area (Å²) in [5, 5.41) is 11.8. The van der Waals surface area contributed by atoms with Gasteiger partial charge in [0.2, 0.25) is 0 Å². The maximum Gasteiger partial charge on any atom is 0.335 e. The van der Waals surface area contributed by atoms with E-state index in [1.54, 1.807) is 12.1 Å². The zero-order chi connectivity index (χ0) is 14.1. The minimum absolute atomic E-state index is 0.195. The molecule has 1 N–H and O–H groups in total. The van der Waals surface area contributed by atoms with Crippen molar-refractivity contribution in [2.24, 2.45) is 0 Å². The van der Waals surface area contributed by atoms with Gasteiger partial charge in [0.05, 0.1) is 5.56 Å². The summed E-state index contributed by atoms with van der Waals surface area (Å²) in [4.78, 5) is 11.1. The van der Waals surface area contributed by atoms with Crippen molar-refractivity contribution in [3.05, 3.63) is 71.2 Å². The minimum Gasteiger partial charge on any atom is -0.478 e. The molecule has 0 aliphatic heterocycles. The molecular weight excluding hydrogens is 272 g/mol. The van der Waals surface area contributed by atoms with Crippen molar-refractivity contribution in [2.45, 2.75) is 0 Å². The topological polar surface area (TPSA) is 37.3 Å². The van der Waals surface area contributed by atoms with Gasteiger partial charge in [0, 0.05) is 5.02 Å². The van der Waals surface area contributed by atoms with E-state index < -0.39 is 5.97 Å². The Morgan fingerprint density at radius 3 is 2.35 bits per heavy atom. The van der Waals surface area contributed by atoms with Gasteiger partial charge >= 0.3 is 5.97 Å². The van der Waals surface area contributed by atoms with Crippen LogP contribution in [0.15, 0.2) is 60.7 Å². The van der Waals surface area contributed by atoms with Crippen molar-refractivity contribution in [3.8, 4) is 11.1 Å². The van der Waals surface area contributed by atoms with Gasteiger partial charge in [-0.2, -0.15) is 0 Å². The third-order valence-electron chi connectivity index (χ3n) is 3.23. The molecule has 0 atom stereocenters. The Hall–Kier alpha value is -2.32. The van der Waals surface area contributed by atoms with E-state index in [0.29, 0.717) is 5.02 Å². The summed E-state index contributed by atoms with van der Waals surface area (Å²) in [6, 6.07) is 18.9. The van der Waals surface area contributed by atoms with Gasteiger partial charge in [-0.1, -0.05) is 48.0 Å². The number of aromatic carboxylic acids is 1. The van der Waals surface area contributed by atoms with Crippen LogP contribution in [0.5, 0.6) is 0 Å². The third-order valence-corrected chi connectivity index (χ3v) is 3.45. The highest BCUT2D eigenvalue weighted by Gasteiger charge is 2.08. The van der Waals surface area contributed by atoms with E-state index in [2.05, 4.69) is 0 Å². The van der Waals surface area contributed by atoms with E-state index in [9.17, 15) is 4.79 Å². The van der Waals surface area contributed by atoms with E-state index in [1.165, 1.54) is 6.07 Å². The number of fused-ring (bicyclic) bond motifs is 1. The molecule has 3 aromatic rings. The van der Waals surface area contributed by atoms with Crippen molar-refractivity contribution >= 4 is 28.3 Å². The van der Waals surface area contributed by atoms with Gasteiger partial charge in [-0.15, -0.1) is 0 Å². The van der Waals surface area contributed by atoms with Crippen LogP contribution in [0.3, 0.4) is 0 Å². The van der Waals surface area contributed by atoms with Crippen molar-refractivity contribution in [1.29, 1.82) is 0 Å². The molecule has 20 heavy (non-hydrogen) atoms. The predicted molar refractivity (Wildman–Crippen MR) is 81.4 cm³/mol. The molecule has 0 fully saturated rings. The van der Waals surface area contributed by atoms with Gasteiger partial charge in [-0.05, 0) is 46.2 Å². The first-order valence-electron chi connectivity index (χ1n) is 6.16. The lowest BCUT2D eigenvalue weighted by Crippen LogP contribution is -1.96. The Morgan fingerprint density at radius 1 is 0.850 bits per heavy atom. The summed E-state index contributed by atoms with van der Waals surface area (Å²) < 4.78 is 0. The van der Waals surface area contributed by atoms with Crippen molar-refractivity contribution in [3.63, 3.8) is 0 Å². The summed E-state index contributed by atoms with van der Waals surface area (Å²) in [6.07, 6.45) is 0. The summed E-state index contributed by atoms with van der Waals surface area (Å²) in [5.41, 5.74) is 1.95. The molecule has 0 spiro atoms. The number of hydrogen-bond donors (Lipinski definition) is 1. The highest BCUT2D eigenvalue weighted by atomic mass is 35.5. The first-order chi connectivity index (χ1) is 9.63. The van der Waals surface area contributed by atoms with Crippen LogP contribution in [0.1, 0.15) is 10.4 Å². The van der Waals surface area contributed by atoms with Crippen LogP contribution in [0, 0.1) is 0 Å². The molecule has 3 rings (SSSR count). The average molecular weight is 283 g/mol. The largest absolute Gasteiger partial charge is 0.478 e. The zero-order valence-electron chi connectivity index (χ0n) is 10.5. The van der Waals surface area contributed by atoms with Crippen LogP contribution >= 0.6 is 11.6 Å². The van der Waals surface area contributed by atoms with Crippen molar-refractivity contribution in [2.75, 3.05) is 0 Å². The van der Waals surface area contributed by atoms with Gasteiger partial charge in [0.25, 0.3) is 0 Å². The first-order valence-corrected chi connectivity index (χ1v) is 6.54. The van der Waals surface area contributed by atoms with E-state index in [1.807, 2.05) is 42.5 Å². The van der Waals surface area contributed by atoms with Crippen LogP contribution < -0.4 is 0 Å². The first kappa shape index (κ1) is 12.7. The summed E-state index contributed by atoms with van der Waals surface area (Å²) in [7, 11) is 0. The SMILES string of the molecule is O=C(O)c1cc(Cl)cc(-c2ccc3ccccc3c2)c1. The Kier molecular flexibility index (Phi) is 3.17. The molecule has 98 valence electrons. The van der Waals surface area contributed by atoms with Gasteiger partial charge in [0.15, 0.2) is 0 Å². The lowest BCUT2D eigenvalue weighted by Gasteiger charge is -2.06. The van der Waals surface area contributed by atoms with Crippen LogP contribution in [0.25, 0.3) is 21.9 Å². The monoisotopic (exact) mass is 282 g/mol. The van der Waals surface area contributed by atoms with Gasteiger partial charge in [0.1, 0.15) is 0 Å². The highest BCUT2D eigenvalue weighted by molar-refractivity contribution is 6.31. The number of halogens is 1. The normalized spacial score (nSPS) is 10.7. The standard InChI is InChI=1S/C17H11ClO2/c18-16-9-14(8-15(10-16)17(19)20)13-6-5-11-3-1-2-4-12(11)7-13/h1-10H,(H,19,20). The Bertz CT molecular complexity index is 809. The Labute approximate surface area is 121 Å². The van der Waals surface area contributed by atoms with E-state index in [4.69, 9.17) is 16.7 Å². The van der Waals surface area contributed by atoms with E-state index in [-0.39, 0.29) is 5.56 Å². The fraction of sp³-hybridized carbons (Fsp3) is 0. The average Bonchev–Trinajstić information content (AvgIpc) is 2.46. The predicted octanol–water partition coefficient (Wildman–Crippen LogP) is 4.86. The van der Waals surface area contributed by atoms with Crippen molar-refractivity contribution in [1.82, 2.24) is 0 Å². The molecule has 2 nitrogen and oxygen atoms in total. The number of hydrogen-bond acceptors (Lipinski definition) is 1. The summed E-state index contributed by atoms with van der Waals surface area (Å²) >= 11 is 6.00. The lowest BCUT2D eigenvalue weighted by molar-refractivity contribution is 0.0697. The molecular formula is C17H11ClO2. The fourth-order valence-corrected chi connectivity index (χ4v) is 2.48. The molecule has 0 heterocycles. The second-order valence-electron chi connectivity index (χ2n) is 4.60. The molecule has 0 amide bonds. The molecule has 3 heteroatoms. The third kappa shape index (κ3) is 2.38. The molecule has 0 aromatic heterocycles. The molecule has 0 aliphatic carbocycles. The molecule has 0 aliphatic rings. The van der Waals surface area contributed by atoms with Gasteiger partial charge < -0.3 is 5.11 Å². The van der Waals surface area contributed by atoms with Gasteiger partial charge in [-0.3, -0.25) is 0 Å². The number of carboxylic acids is 1. The number of benzene rings is 3. The summed E-state index contributed by atoms with van der Waals surface area (Å²) in [5.74, 6) is -0.977. The second kappa shape index (κ2) is 4.99. The van der Waals surface area contributed by atoms with Crippen LogP contribution in [-0.4, -0.2) is 11.1 Å². The number of carbonyl (C=O) groups is 1. The minimum atomic E-state index is -0.977. The van der Waals surface area contributed by atoms with Crippen LogP contribution in [0.4, 0.5) is 0 Å². The van der Waals surface area contributed by atoms with E-state index in [0.717, 1.165) is 21.9 Å². The van der Waals surface area contributed by atoms with Gasteiger partial charge in [-0.25, -0.2) is 4.79 Å². The van der Waals surface area contributed by atoms with E-state index >= 15 is 0 Å². The Morgan fingerprint density at radius 2 is 1.60 bits per heavy atom. The highest BCUT2D eigenvalue weighted by Crippen LogP contribution is 2.27. The molecule has 0 bridgehead atoms. The molecule has 3 aromatic carbocycles. The molecule has 0 unspecified atom stereocenters. The fourth-order valence-electron chi connectivity index (χ4n) is 2.25. The molecule has 0 radical (unpaired) electrons. The summed E-state index contributed by atoms with van der Waals surface area (Å²) in [6.45, 7) is 0. The number of carboxylic acid groups (broad SMARTS) is 1. The zero-order valence-corrected chi connectivity index (χ0v) is 11.3. The smallest absolute Gasteiger partial charge is 0.335 e. The Balaban J connectivity index is 2.17. The quantitative estimate of drug-likeness (QED) is 0.729. The molecule has 0 saturated heterocycles. The second-order valence-corrected chi connectivity index (χ2v) is 5.03. The van der Waals surface area contributed by atoms with Crippen molar-refractivity contribution < 1.29 is 9.90 Å². The lowest BCUT2D eigenvalue weighted by atomic mass is 10.00. The molecule has 0 saturated carbocycles. The van der Waals surface area contributed by atoms with Crippen LogP contribution in [-0.2, 0) is 0 Å². The number of rotatable bonds is 2. The maximum atomic E-state index is 11.1. The van der Waals surface area contributed by atoms with Crippen LogP contribution in [0.2, 0.25) is 5.02 Å². The maximum absolute atomic E-state index is 11.1.